The van der Waals surface area contributed by atoms with Gasteiger partial charge in [0, 0.05) is 7.11 Å². The maximum atomic E-state index is 5.58. The van der Waals surface area contributed by atoms with Gasteiger partial charge in [0.1, 0.15) is 5.44 Å². The van der Waals surface area contributed by atoms with Crippen molar-refractivity contribution in [3.8, 4) is 0 Å². The maximum Gasteiger partial charge on any atom is 0.109 e. The van der Waals surface area contributed by atoms with Crippen LogP contribution in [-0.2, 0) is 4.74 Å². The minimum atomic E-state index is 0.371. The van der Waals surface area contributed by atoms with E-state index in [1.807, 2.05) is 18.9 Å². The van der Waals surface area contributed by atoms with Crippen molar-refractivity contribution in [2.24, 2.45) is 5.92 Å². The van der Waals surface area contributed by atoms with Gasteiger partial charge in [0.15, 0.2) is 0 Å². The smallest absolute Gasteiger partial charge is 0.109 e. The van der Waals surface area contributed by atoms with E-state index in [1.165, 1.54) is 25.7 Å². The van der Waals surface area contributed by atoms with Gasteiger partial charge < -0.3 is 10.1 Å². The van der Waals surface area contributed by atoms with Gasteiger partial charge in [0.2, 0.25) is 0 Å². The summed E-state index contributed by atoms with van der Waals surface area (Å²) in [4.78, 5) is 1.61. The van der Waals surface area contributed by atoms with E-state index < -0.39 is 0 Å². The Kier molecular flexibility index (Phi) is 4.12. The van der Waals surface area contributed by atoms with Crippen molar-refractivity contribution in [2.75, 3.05) is 20.2 Å². The van der Waals surface area contributed by atoms with Crippen LogP contribution >= 0.6 is 11.8 Å². The quantitative estimate of drug-likeness (QED) is 0.744. The Morgan fingerprint density at radius 2 is 2.07 bits per heavy atom. The number of hydrogen-bond donors (Lipinski definition) is 1. The van der Waals surface area contributed by atoms with Crippen molar-refractivity contribution in [1.29, 1.82) is 0 Å². The summed E-state index contributed by atoms with van der Waals surface area (Å²) < 4.78 is 5.58. The Morgan fingerprint density at radius 1 is 1.27 bits per heavy atom. The van der Waals surface area contributed by atoms with Crippen LogP contribution in [0.15, 0.2) is 10.5 Å². The molecule has 86 valence electrons. The molecular formula is C12H21NOS. The van der Waals surface area contributed by atoms with E-state index in [2.05, 4.69) is 12.2 Å². The van der Waals surface area contributed by atoms with Crippen LogP contribution in [0.4, 0.5) is 0 Å². The summed E-state index contributed by atoms with van der Waals surface area (Å²) in [5.74, 6) is 0.680. The first-order chi connectivity index (χ1) is 7.31. The second-order valence-corrected chi connectivity index (χ2v) is 5.71. The maximum absolute atomic E-state index is 5.58. The van der Waals surface area contributed by atoms with Crippen LogP contribution in [0.2, 0.25) is 0 Å². The highest BCUT2D eigenvalue weighted by molar-refractivity contribution is 8.03. The summed E-state index contributed by atoms with van der Waals surface area (Å²) in [6.07, 6.45) is 5.01. The molecular weight excluding hydrogens is 206 g/mol. The Balaban J connectivity index is 2.11. The molecule has 0 saturated heterocycles. The highest BCUT2D eigenvalue weighted by Crippen LogP contribution is 2.40. The summed E-state index contributed by atoms with van der Waals surface area (Å²) in [6.45, 7) is 4.60. The van der Waals surface area contributed by atoms with Crippen molar-refractivity contribution in [3.05, 3.63) is 10.5 Å². The highest BCUT2D eigenvalue weighted by Gasteiger charge is 2.25. The van der Waals surface area contributed by atoms with Crippen LogP contribution in [0.3, 0.4) is 0 Å². The van der Waals surface area contributed by atoms with Crippen molar-refractivity contribution < 1.29 is 4.74 Å². The fourth-order valence-corrected chi connectivity index (χ4v) is 3.70. The predicted octanol–water partition coefficient (Wildman–Crippen LogP) is 2.76. The third kappa shape index (κ3) is 2.77. The van der Waals surface area contributed by atoms with Crippen LogP contribution < -0.4 is 5.32 Å². The molecule has 0 spiro atoms. The van der Waals surface area contributed by atoms with Gasteiger partial charge in [0.05, 0.1) is 0 Å². The third-order valence-electron chi connectivity index (χ3n) is 3.38. The van der Waals surface area contributed by atoms with Crippen molar-refractivity contribution >= 4 is 11.8 Å². The SMILES string of the molecule is COC1SC2=C(CCNCC2)CCC1C. The third-order valence-corrected chi connectivity index (χ3v) is 5.05. The molecule has 3 heteroatoms. The Hall–Kier alpha value is 0.01000. The van der Waals surface area contributed by atoms with E-state index >= 15 is 0 Å². The monoisotopic (exact) mass is 227 g/mol. The molecule has 2 rings (SSSR count). The Bertz CT molecular complexity index is 252. The molecule has 0 radical (unpaired) electrons. The van der Waals surface area contributed by atoms with Crippen molar-refractivity contribution in [3.63, 3.8) is 0 Å². The summed E-state index contributed by atoms with van der Waals surface area (Å²) >= 11 is 1.98. The van der Waals surface area contributed by atoms with Gasteiger partial charge in [-0.25, -0.2) is 0 Å². The molecule has 0 amide bonds. The number of ether oxygens (including phenoxy) is 1. The van der Waals surface area contributed by atoms with Crippen LogP contribution in [0, 0.1) is 5.92 Å². The summed E-state index contributed by atoms with van der Waals surface area (Å²) in [5.41, 5.74) is 2.06. The normalized spacial score (nSPS) is 33.2. The lowest BCUT2D eigenvalue weighted by Gasteiger charge is -2.20. The zero-order valence-corrected chi connectivity index (χ0v) is 10.5. The van der Waals surface area contributed by atoms with Crippen LogP contribution in [-0.4, -0.2) is 25.6 Å². The van der Waals surface area contributed by atoms with Gasteiger partial charge in [-0.3, -0.25) is 0 Å². The summed E-state index contributed by atoms with van der Waals surface area (Å²) in [6, 6.07) is 0. The predicted molar refractivity (Wildman–Crippen MR) is 65.9 cm³/mol. The van der Waals surface area contributed by atoms with E-state index in [1.54, 1.807) is 10.5 Å². The average molecular weight is 227 g/mol. The molecule has 2 nitrogen and oxygen atoms in total. The van der Waals surface area contributed by atoms with Crippen LogP contribution in [0.5, 0.6) is 0 Å². The number of hydrogen-bond acceptors (Lipinski definition) is 3. The highest BCUT2D eigenvalue weighted by atomic mass is 32.2. The zero-order valence-electron chi connectivity index (χ0n) is 9.71. The average Bonchev–Trinajstić information content (AvgIpc) is 2.53. The second-order valence-electron chi connectivity index (χ2n) is 4.51. The molecule has 0 aromatic rings. The van der Waals surface area contributed by atoms with Gasteiger partial charge in [0.25, 0.3) is 0 Å². The molecule has 0 bridgehead atoms. The Labute approximate surface area is 96.8 Å². The lowest BCUT2D eigenvalue weighted by atomic mass is 9.99. The molecule has 0 aromatic heterocycles. The van der Waals surface area contributed by atoms with E-state index in [9.17, 15) is 0 Å². The van der Waals surface area contributed by atoms with E-state index in [0.717, 1.165) is 13.1 Å². The molecule has 2 heterocycles. The first-order valence-corrected chi connectivity index (χ1v) is 6.80. The van der Waals surface area contributed by atoms with Crippen LogP contribution in [0.1, 0.15) is 32.6 Å². The molecule has 0 aliphatic carbocycles. The zero-order chi connectivity index (χ0) is 10.7. The first-order valence-electron chi connectivity index (χ1n) is 5.92. The fourth-order valence-electron chi connectivity index (χ4n) is 2.36. The lowest BCUT2D eigenvalue weighted by molar-refractivity contribution is 0.127. The minimum absolute atomic E-state index is 0.371. The minimum Gasteiger partial charge on any atom is -0.370 e. The standard InChI is InChI=1S/C12H21NOS/c1-9-3-4-10-5-7-13-8-6-11(10)15-12(9)14-2/h9,12-13H,3-8H2,1-2H3. The van der Waals surface area contributed by atoms with Gasteiger partial charge >= 0.3 is 0 Å². The number of nitrogens with one attached hydrogen (secondary N) is 1. The van der Waals surface area contributed by atoms with Crippen molar-refractivity contribution in [2.45, 2.75) is 38.0 Å². The fraction of sp³-hybridized carbons (Fsp3) is 0.833. The van der Waals surface area contributed by atoms with Crippen molar-refractivity contribution in [1.82, 2.24) is 5.32 Å². The van der Waals surface area contributed by atoms with Gasteiger partial charge in [-0.15, -0.1) is 0 Å². The van der Waals surface area contributed by atoms with Gasteiger partial charge in [-0.2, -0.15) is 0 Å². The largest absolute Gasteiger partial charge is 0.370 e. The van der Waals surface area contributed by atoms with E-state index in [-0.39, 0.29) is 0 Å². The molecule has 0 saturated carbocycles. The molecule has 2 unspecified atom stereocenters. The van der Waals surface area contributed by atoms with E-state index in [4.69, 9.17) is 4.74 Å². The number of methoxy groups -OCH3 is 1. The second kappa shape index (κ2) is 5.37. The first kappa shape index (κ1) is 11.5. The van der Waals surface area contributed by atoms with E-state index in [0.29, 0.717) is 11.4 Å². The molecule has 0 aromatic carbocycles. The molecule has 0 fully saturated rings. The Morgan fingerprint density at radius 3 is 2.87 bits per heavy atom. The molecule has 2 aliphatic rings. The number of rotatable bonds is 1. The van der Waals surface area contributed by atoms with Gasteiger partial charge in [-0.1, -0.05) is 24.3 Å². The molecule has 2 atom stereocenters. The lowest BCUT2D eigenvalue weighted by Crippen LogP contribution is -2.17. The number of thioether (sulfide) groups is 1. The topological polar surface area (TPSA) is 21.3 Å². The van der Waals surface area contributed by atoms with Gasteiger partial charge in [-0.05, 0) is 49.6 Å². The van der Waals surface area contributed by atoms with Crippen LogP contribution in [0.25, 0.3) is 0 Å². The molecule has 2 aliphatic heterocycles. The molecule has 15 heavy (non-hydrogen) atoms. The molecule has 1 N–H and O–H groups in total. The summed E-state index contributed by atoms with van der Waals surface area (Å²) in [5, 5.41) is 3.47. The summed E-state index contributed by atoms with van der Waals surface area (Å²) in [7, 11) is 1.84.